The zero-order valence-corrected chi connectivity index (χ0v) is 8.34. The van der Waals surface area contributed by atoms with Crippen LogP contribution in [0, 0.1) is 17.8 Å². The van der Waals surface area contributed by atoms with Crippen LogP contribution in [0.2, 0.25) is 0 Å². The van der Waals surface area contributed by atoms with Crippen molar-refractivity contribution in [2.45, 2.75) is 51.5 Å². The Hall–Kier alpha value is -0.0400. The standard InChI is InChI=1S/C11H21N/c1-8(2)5-10-7-11(10,12)6-9-3-4-9/h8-10H,3-7,12H2,1-2H3. The van der Waals surface area contributed by atoms with Gasteiger partial charge in [0.25, 0.3) is 0 Å². The Balaban J connectivity index is 1.75. The Bertz CT molecular complexity index is 172. The molecule has 70 valence electrons. The first kappa shape index (κ1) is 8.55. The van der Waals surface area contributed by atoms with Crippen LogP contribution in [-0.4, -0.2) is 5.54 Å². The second kappa shape index (κ2) is 2.73. The monoisotopic (exact) mass is 167 g/mol. The molecule has 0 amide bonds. The van der Waals surface area contributed by atoms with Crippen LogP contribution in [0.1, 0.15) is 46.0 Å². The first-order valence-electron chi connectivity index (χ1n) is 5.39. The molecule has 0 aromatic rings. The lowest BCUT2D eigenvalue weighted by atomic mass is 10.0. The van der Waals surface area contributed by atoms with Gasteiger partial charge in [-0.15, -0.1) is 0 Å². The van der Waals surface area contributed by atoms with E-state index in [2.05, 4.69) is 13.8 Å². The first-order valence-corrected chi connectivity index (χ1v) is 5.39. The lowest BCUT2D eigenvalue weighted by Crippen LogP contribution is -2.26. The topological polar surface area (TPSA) is 26.0 Å². The molecule has 2 N–H and O–H groups in total. The summed E-state index contributed by atoms with van der Waals surface area (Å²) < 4.78 is 0. The number of nitrogens with two attached hydrogens (primary N) is 1. The quantitative estimate of drug-likeness (QED) is 0.684. The summed E-state index contributed by atoms with van der Waals surface area (Å²) in [4.78, 5) is 0. The molecule has 0 heterocycles. The summed E-state index contributed by atoms with van der Waals surface area (Å²) in [6, 6.07) is 0. The van der Waals surface area contributed by atoms with Gasteiger partial charge in [-0.2, -0.15) is 0 Å². The van der Waals surface area contributed by atoms with Gasteiger partial charge < -0.3 is 5.73 Å². The molecule has 2 saturated carbocycles. The van der Waals surface area contributed by atoms with Gasteiger partial charge >= 0.3 is 0 Å². The van der Waals surface area contributed by atoms with Crippen molar-refractivity contribution in [2.75, 3.05) is 0 Å². The number of hydrogen-bond acceptors (Lipinski definition) is 1. The largest absolute Gasteiger partial charge is 0.325 e. The van der Waals surface area contributed by atoms with Gasteiger partial charge in [-0.25, -0.2) is 0 Å². The summed E-state index contributed by atoms with van der Waals surface area (Å²) in [7, 11) is 0. The average molecular weight is 167 g/mol. The number of hydrogen-bond donors (Lipinski definition) is 1. The molecule has 1 heteroatoms. The molecule has 1 nitrogen and oxygen atoms in total. The molecule has 0 aromatic carbocycles. The van der Waals surface area contributed by atoms with Crippen molar-refractivity contribution in [2.24, 2.45) is 23.5 Å². The molecule has 2 unspecified atom stereocenters. The van der Waals surface area contributed by atoms with Crippen LogP contribution >= 0.6 is 0 Å². The zero-order valence-electron chi connectivity index (χ0n) is 8.34. The van der Waals surface area contributed by atoms with Gasteiger partial charge in [0.05, 0.1) is 0 Å². The minimum absolute atomic E-state index is 0.283. The second-order valence-electron chi connectivity index (χ2n) is 5.41. The Kier molecular flexibility index (Phi) is 1.95. The molecule has 2 aliphatic carbocycles. The fourth-order valence-corrected chi connectivity index (χ4v) is 2.40. The maximum absolute atomic E-state index is 6.28. The molecule has 0 aliphatic heterocycles. The lowest BCUT2D eigenvalue weighted by Gasteiger charge is -2.11. The minimum atomic E-state index is 0.283. The Labute approximate surface area is 75.7 Å². The first-order chi connectivity index (χ1) is 5.60. The highest BCUT2D eigenvalue weighted by Gasteiger charge is 2.52. The van der Waals surface area contributed by atoms with E-state index in [1.165, 1.54) is 32.1 Å². The van der Waals surface area contributed by atoms with E-state index in [-0.39, 0.29) is 5.54 Å². The molecular formula is C11H21N. The van der Waals surface area contributed by atoms with E-state index in [0.29, 0.717) is 0 Å². The smallest absolute Gasteiger partial charge is 0.0189 e. The molecule has 2 aliphatic rings. The summed E-state index contributed by atoms with van der Waals surface area (Å²) >= 11 is 0. The summed E-state index contributed by atoms with van der Waals surface area (Å²) in [5.74, 6) is 2.70. The van der Waals surface area contributed by atoms with E-state index in [1.807, 2.05) is 0 Å². The normalized spacial score (nSPS) is 40.5. The van der Waals surface area contributed by atoms with Crippen molar-refractivity contribution >= 4 is 0 Å². The molecule has 12 heavy (non-hydrogen) atoms. The van der Waals surface area contributed by atoms with Gasteiger partial charge in [0, 0.05) is 5.54 Å². The highest BCUT2D eigenvalue weighted by Crippen LogP contribution is 2.52. The maximum atomic E-state index is 6.28. The van der Waals surface area contributed by atoms with E-state index in [9.17, 15) is 0 Å². The minimum Gasteiger partial charge on any atom is -0.325 e. The molecule has 0 radical (unpaired) electrons. The molecule has 2 atom stereocenters. The lowest BCUT2D eigenvalue weighted by molar-refractivity contribution is 0.451. The van der Waals surface area contributed by atoms with Crippen molar-refractivity contribution in [1.82, 2.24) is 0 Å². The van der Waals surface area contributed by atoms with Gasteiger partial charge in [0.2, 0.25) is 0 Å². The van der Waals surface area contributed by atoms with Gasteiger partial charge in [-0.05, 0) is 37.0 Å². The molecule has 0 saturated heterocycles. The highest BCUT2D eigenvalue weighted by molar-refractivity contribution is 5.09. The van der Waals surface area contributed by atoms with Crippen molar-refractivity contribution in [3.63, 3.8) is 0 Å². The van der Waals surface area contributed by atoms with Crippen LogP contribution in [0.15, 0.2) is 0 Å². The second-order valence-corrected chi connectivity index (χ2v) is 5.41. The zero-order chi connectivity index (χ0) is 8.77. The Morgan fingerprint density at radius 2 is 2.08 bits per heavy atom. The van der Waals surface area contributed by atoms with E-state index in [0.717, 1.165) is 17.8 Å². The Morgan fingerprint density at radius 1 is 1.42 bits per heavy atom. The van der Waals surface area contributed by atoms with E-state index < -0.39 is 0 Å². The third-order valence-corrected chi connectivity index (χ3v) is 3.40. The van der Waals surface area contributed by atoms with E-state index in [1.54, 1.807) is 0 Å². The predicted molar refractivity (Wildman–Crippen MR) is 51.8 cm³/mol. The summed E-state index contributed by atoms with van der Waals surface area (Å²) in [5.41, 5.74) is 6.56. The van der Waals surface area contributed by atoms with Crippen LogP contribution in [0.3, 0.4) is 0 Å². The highest BCUT2D eigenvalue weighted by atomic mass is 14.9. The SMILES string of the molecule is CC(C)CC1CC1(N)CC1CC1. The van der Waals surface area contributed by atoms with Crippen molar-refractivity contribution in [3.8, 4) is 0 Å². The molecule has 2 rings (SSSR count). The van der Waals surface area contributed by atoms with Gasteiger partial charge in [0.1, 0.15) is 0 Å². The van der Waals surface area contributed by atoms with Crippen molar-refractivity contribution in [1.29, 1.82) is 0 Å². The molecule has 2 fully saturated rings. The van der Waals surface area contributed by atoms with E-state index in [4.69, 9.17) is 5.73 Å². The average Bonchev–Trinajstić information content (AvgIpc) is 2.76. The molecule has 0 bridgehead atoms. The molecule has 0 aromatic heterocycles. The van der Waals surface area contributed by atoms with Crippen LogP contribution in [0.5, 0.6) is 0 Å². The van der Waals surface area contributed by atoms with Gasteiger partial charge in [0.15, 0.2) is 0 Å². The third-order valence-electron chi connectivity index (χ3n) is 3.40. The predicted octanol–water partition coefficient (Wildman–Crippen LogP) is 2.55. The van der Waals surface area contributed by atoms with Gasteiger partial charge in [-0.3, -0.25) is 0 Å². The fourth-order valence-electron chi connectivity index (χ4n) is 2.40. The van der Waals surface area contributed by atoms with Crippen LogP contribution < -0.4 is 5.73 Å². The van der Waals surface area contributed by atoms with Crippen molar-refractivity contribution in [3.05, 3.63) is 0 Å². The molecular weight excluding hydrogens is 146 g/mol. The fraction of sp³-hybridized carbons (Fsp3) is 1.00. The number of rotatable bonds is 4. The van der Waals surface area contributed by atoms with Gasteiger partial charge in [-0.1, -0.05) is 26.7 Å². The maximum Gasteiger partial charge on any atom is 0.0189 e. The summed E-state index contributed by atoms with van der Waals surface area (Å²) in [6.07, 6.45) is 6.88. The van der Waals surface area contributed by atoms with Crippen molar-refractivity contribution < 1.29 is 0 Å². The van der Waals surface area contributed by atoms with Crippen LogP contribution in [0.25, 0.3) is 0 Å². The Morgan fingerprint density at radius 3 is 2.58 bits per heavy atom. The summed E-state index contributed by atoms with van der Waals surface area (Å²) in [5, 5.41) is 0. The summed E-state index contributed by atoms with van der Waals surface area (Å²) in [6.45, 7) is 4.60. The van der Waals surface area contributed by atoms with E-state index >= 15 is 0 Å². The van der Waals surface area contributed by atoms with Crippen LogP contribution in [-0.2, 0) is 0 Å². The third kappa shape index (κ3) is 1.82. The van der Waals surface area contributed by atoms with Crippen LogP contribution in [0.4, 0.5) is 0 Å². The molecule has 0 spiro atoms.